The number of carboxylic acid groups (broad SMARTS) is 1. The Labute approximate surface area is 152 Å². The van der Waals surface area contributed by atoms with Gasteiger partial charge >= 0.3 is 5.97 Å². The van der Waals surface area contributed by atoms with Crippen molar-refractivity contribution in [2.24, 2.45) is 0 Å². The van der Waals surface area contributed by atoms with E-state index in [0.29, 0.717) is 24.4 Å². The van der Waals surface area contributed by atoms with Gasteiger partial charge in [0.05, 0.1) is 12.2 Å². The summed E-state index contributed by atoms with van der Waals surface area (Å²) in [6.07, 6.45) is 0.960. The maximum Gasteiger partial charge on any atom is 0.307 e. The minimum Gasteiger partial charge on any atom is -0.481 e. The molecule has 0 fully saturated rings. The molecule has 0 aromatic heterocycles. The van der Waals surface area contributed by atoms with Gasteiger partial charge in [0.25, 0.3) is 0 Å². The monoisotopic (exact) mass is 381 g/mol. The Kier molecular flexibility index (Phi) is 6.99. The van der Waals surface area contributed by atoms with E-state index in [1.165, 1.54) is 0 Å². The third-order valence-corrected chi connectivity index (χ3v) is 5.32. The molecule has 0 unspecified atom stereocenters. The molecule has 0 aliphatic heterocycles. The third kappa shape index (κ3) is 7.25. The Hall–Kier alpha value is -1.89. The molecule has 0 atom stereocenters. The summed E-state index contributed by atoms with van der Waals surface area (Å²) < 4.78 is 26.7. The number of aliphatic carboxylic acids is 1. The van der Waals surface area contributed by atoms with Gasteiger partial charge in [-0.15, -0.1) is 0 Å². The van der Waals surface area contributed by atoms with E-state index in [2.05, 4.69) is 4.72 Å². The summed E-state index contributed by atoms with van der Waals surface area (Å²) in [6.45, 7) is 0.307. The smallest absolute Gasteiger partial charge is 0.307 e. The summed E-state index contributed by atoms with van der Waals surface area (Å²) in [5, 5.41) is 9.35. The average Bonchev–Trinajstić information content (AvgIpc) is 2.55. The summed E-state index contributed by atoms with van der Waals surface area (Å²) in [5.41, 5.74) is 2.60. The number of rotatable bonds is 9. The highest BCUT2D eigenvalue weighted by atomic mass is 35.5. The molecule has 7 heteroatoms. The number of hydrogen-bond acceptors (Lipinski definition) is 3. The van der Waals surface area contributed by atoms with E-state index in [1.807, 2.05) is 24.3 Å². The van der Waals surface area contributed by atoms with Crippen LogP contribution < -0.4 is 4.72 Å². The van der Waals surface area contributed by atoms with Crippen molar-refractivity contribution in [1.82, 2.24) is 4.72 Å². The van der Waals surface area contributed by atoms with E-state index in [-0.39, 0.29) is 12.2 Å². The number of nitrogens with one attached hydrogen (secondary N) is 1. The number of carboxylic acids is 1. The predicted octanol–water partition coefficient (Wildman–Crippen LogP) is 2.67. The Bertz CT molecular complexity index is 802. The van der Waals surface area contributed by atoms with Crippen LogP contribution in [-0.2, 0) is 34.1 Å². The van der Waals surface area contributed by atoms with E-state index in [0.717, 1.165) is 16.7 Å². The van der Waals surface area contributed by atoms with E-state index in [1.54, 1.807) is 24.3 Å². The lowest BCUT2D eigenvalue weighted by Crippen LogP contribution is -2.29. The van der Waals surface area contributed by atoms with Crippen LogP contribution >= 0.6 is 11.6 Å². The fourth-order valence-corrected chi connectivity index (χ4v) is 3.51. The molecule has 0 bridgehead atoms. The first kappa shape index (κ1) is 19.4. The van der Waals surface area contributed by atoms with Gasteiger partial charge in [-0.3, -0.25) is 4.79 Å². The molecular formula is C18H20ClNO4S. The standard InChI is InChI=1S/C18H20ClNO4S/c19-17-7-5-15(6-8-17)10-12-25(23,24)20-11-9-14-1-3-16(4-2-14)13-18(21)22/h1-8,20H,9-13H2,(H,21,22). The van der Waals surface area contributed by atoms with Gasteiger partial charge in [-0.25, -0.2) is 13.1 Å². The molecule has 0 saturated carbocycles. The molecule has 134 valence electrons. The Morgan fingerprint density at radius 2 is 1.44 bits per heavy atom. The lowest BCUT2D eigenvalue weighted by molar-refractivity contribution is -0.136. The highest BCUT2D eigenvalue weighted by Gasteiger charge is 2.10. The lowest BCUT2D eigenvalue weighted by atomic mass is 10.1. The zero-order chi connectivity index (χ0) is 18.3. The molecule has 2 aromatic rings. The fraction of sp³-hybridized carbons (Fsp3) is 0.278. The van der Waals surface area contributed by atoms with E-state index < -0.39 is 16.0 Å². The minimum atomic E-state index is -3.34. The minimum absolute atomic E-state index is 0.0163. The van der Waals surface area contributed by atoms with Gasteiger partial charge in [-0.05, 0) is 41.7 Å². The Morgan fingerprint density at radius 1 is 0.920 bits per heavy atom. The van der Waals surface area contributed by atoms with Crippen LogP contribution in [0.2, 0.25) is 5.02 Å². The Balaban J connectivity index is 1.77. The number of benzene rings is 2. The maximum absolute atomic E-state index is 12.0. The molecule has 25 heavy (non-hydrogen) atoms. The largest absolute Gasteiger partial charge is 0.481 e. The number of halogens is 1. The van der Waals surface area contributed by atoms with Gasteiger partial charge in [-0.1, -0.05) is 48.0 Å². The molecule has 0 spiro atoms. The van der Waals surface area contributed by atoms with Crippen LogP contribution in [0.5, 0.6) is 0 Å². The van der Waals surface area contributed by atoms with Gasteiger partial charge in [0.2, 0.25) is 10.0 Å². The topological polar surface area (TPSA) is 83.5 Å². The number of carbonyl (C=O) groups is 1. The summed E-state index contributed by atoms with van der Waals surface area (Å²) in [6, 6.07) is 14.3. The second-order valence-corrected chi connectivity index (χ2v) is 8.09. The predicted molar refractivity (Wildman–Crippen MR) is 98.4 cm³/mol. The molecule has 2 aromatic carbocycles. The van der Waals surface area contributed by atoms with E-state index in [9.17, 15) is 13.2 Å². The maximum atomic E-state index is 12.0. The molecule has 5 nitrogen and oxygen atoms in total. The van der Waals surface area contributed by atoms with Crippen molar-refractivity contribution in [3.63, 3.8) is 0 Å². The van der Waals surface area contributed by atoms with Gasteiger partial charge in [0, 0.05) is 11.6 Å². The molecule has 0 radical (unpaired) electrons. The van der Waals surface area contributed by atoms with Crippen molar-refractivity contribution in [3.8, 4) is 0 Å². The van der Waals surface area contributed by atoms with Crippen molar-refractivity contribution in [2.45, 2.75) is 19.3 Å². The lowest BCUT2D eigenvalue weighted by Gasteiger charge is -2.07. The third-order valence-electron chi connectivity index (χ3n) is 3.69. The van der Waals surface area contributed by atoms with Crippen LogP contribution in [0.3, 0.4) is 0 Å². The first-order chi connectivity index (χ1) is 11.8. The molecule has 0 heterocycles. The molecular weight excluding hydrogens is 362 g/mol. The SMILES string of the molecule is O=C(O)Cc1ccc(CCNS(=O)(=O)CCc2ccc(Cl)cc2)cc1. The molecule has 0 saturated heterocycles. The van der Waals surface area contributed by atoms with Crippen LogP contribution in [0.25, 0.3) is 0 Å². The van der Waals surface area contributed by atoms with Crippen molar-refractivity contribution in [3.05, 3.63) is 70.2 Å². The molecule has 2 rings (SSSR count). The van der Waals surface area contributed by atoms with Gasteiger partial charge < -0.3 is 5.11 Å². The summed E-state index contributed by atoms with van der Waals surface area (Å²) >= 11 is 5.80. The second-order valence-electron chi connectivity index (χ2n) is 5.73. The van der Waals surface area contributed by atoms with Gasteiger partial charge in [-0.2, -0.15) is 0 Å². The van der Waals surface area contributed by atoms with Crippen molar-refractivity contribution >= 4 is 27.6 Å². The first-order valence-electron chi connectivity index (χ1n) is 7.85. The fourth-order valence-electron chi connectivity index (χ4n) is 2.32. The van der Waals surface area contributed by atoms with Crippen molar-refractivity contribution in [2.75, 3.05) is 12.3 Å². The zero-order valence-corrected chi connectivity index (χ0v) is 15.2. The highest BCUT2D eigenvalue weighted by molar-refractivity contribution is 7.89. The molecule has 0 aliphatic carbocycles. The van der Waals surface area contributed by atoms with Crippen molar-refractivity contribution in [1.29, 1.82) is 0 Å². The number of hydrogen-bond donors (Lipinski definition) is 2. The van der Waals surface area contributed by atoms with E-state index >= 15 is 0 Å². The number of aryl methyl sites for hydroxylation is 1. The Morgan fingerprint density at radius 3 is 2.04 bits per heavy atom. The average molecular weight is 382 g/mol. The first-order valence-corrected chi connectivity index (χ1v) is 9.88. The summed E-state index contributed by atoms with van der Waals surface area (Å²) in [5.74, 6) is -0.854. The van der Waals surface area contributed by atoms with E-state index in [4.69, 9.17) is 16.7 Å². The zero-order valence-electron chi connectivity index (χ0n) is 13.6. The summed E-state index contributed by atoms with van der Waals surface area (Å²) in [7, 11) is -3.34. The van der Waals surface area contributed by atoms with Crippen molar-refractivity contribution < 1.29 is 18.3 Å². The van der Waals surface area contributed by atoms with Gasteiger partial charge in [0.1, 0.15) is 0 Å². The van der Waals surface area contributed by atoms with Crippen LogP contribution in [0.15, 0.2) is 48.5 Å². The quantitative estimate of drug-likeness (QED) is 0.699. The van der Waals surface area contributed by atoms with Gasteiger partial charge in [0.15, 0.2) is 0 Å². The van der Waals surface area contributed by atoms with Crippen LogP contribution in [-0.4, -0.2) is 31.8 Å². The van der Waals surface area contributed by atoms with Crippen LogP contribution in [0.4, 0.5) is 0 Å². The normalized spacial score (nSPS) is 11.4. The van der Waals surface area contributed by atoms with Crippen LogP contribution in [0.1, 0.15) is 16.7 Å². The van der Waals surface area contributed by atoms with Crippen LogP contribution in [0, 0.1) is 0 Å². The second kappa shape index (κ2) is 8.99. The summed E-state index contributed by atoms with van der Waals surface area (Å²) in [4.78, 5) is 10.6. The number of sulfonamides is 1. The molecule has 2 N–H and O–H groups in total. The highest BCUT2D eigenvalue weighted by Crippen LogP contribution is 2.10. The molecule has 0 aliphatic rings. The molecule has 0 amide bonds.